The third kappa shape index (κ3) is 5.38. The Balaban J connectivity index is 1.19. The lowest BCUT2D eigenvalue weighted by atomic mass is 9.93. The molecule has 1 fully saturated rings. The molecule has 0 radical (unpaired) electrons. The lowest BCUT2D eigenvalue weighted by Crippen LogP contribution is -2.27. The van der Waals surface area contributed by atoms with Crippen LogP contribution in [0.4, 0.5) is 5.69 Å². The number of likely N-dealkylation sites (N-methyl/N-ethyl adjacent to an activating group) is 1. The van der Waals surface area contributed by atoms with Crippen molar-refractivity contribution in [3.8, 4) is 28.7 Å². The zero-order valence-corrected chi connectivity index (χ0v) is 27.1. The van der Waals surface area contributed by atoms with Crippen LogP contribution in [0.3, 0.4) is 0 Å². The predicted octanol–water partition coefficient (Wildman–Crippen LogP) is 6.47. The second-order valence-corrected chi connectivity index (χ2v) is 13.0. The summed E-state index contributed by atoms with van der Waals surface area (Å²) in [6, 6.07) is 18.4. The highest BCUT2D eigenvalue weighted by Crippen LogP contribution is 2.37. The van der Waals surface area contributed by atoms with E-state index in [2.05, 4.69) is 60.3 Å². The number of benzene rings is 3. The molecule has 7 rings (SSSR count). The van der Waals surface area contributed by atoms with E-state index in [-0.39, 0.29) is 5.91 Å². The number of rotatable bonds is 6. The minimum Gasteiger partial charge on any atom is -0.435 e. The largest absolute Gasteiger partial charge is 0.435 e. The second kappa shape index (κ2) is 11.9. The summed E-state index contributed by atoms with van der Waals surface area (Å²) in [5.74, 6) is 1.39. The molecule has 3 aromatic carbocycles. The number of hydrogen-bond donors (Lipinski definition) is 1. The molecular formula is C37H39N7O2. The van der Waals surface area contributed by atoms with Crippen molar-refractivity contribution < 1.29 is 9.21 Å². The van der Waals surface area contributed by atoms with Gasteiger partial charge in [0.2, 0.25) is 5.89 Å². The molecule has 9 heteroatoms. The smallest absolute Gasteiger partial charge is 0.291 e. The maximum absolute atomic E-state index is 13.5. The molecule has 2 aliphatic heterocycles. The van der Waals surface area contributed by atoms with Gasteiger partial charge in [-0.15, -0.1) is 0 Å². The predicted molar refractivity (Wildman–Crippen MR) is 179 cm³/mol. The van der Waals surface area contributed by atoms with Gasteiger partial charge in [-0.1, -0.05) is 31.2 Å². The summed E-state index contributed by atoms with van der Waals surface area (Å²) in [5.41, 5.74) is 10.5. The van der Waals surface area contributed by atoms with Crippen molar-refractivity contribution in [2.45, 2.75) is 46.7 Å². The van der Waals surface area contributed by atoms with Gasteiger partial charge in [-0.25, -0.2) is 9.97 Å². The molecule has 1 amide bonds. The first-order valence-corrected chi connectivity index (χ1v) is 16.0. The molecule has 46 heavy (non-hydrogen) atoms. The normalized spacial score (nSPS) is 16.9. The van der Waals surface area contributed by atoms with E-state index < -0.39 is 0 Å². The SMILES string of the molecule is Cc1c(NC(=O)c2nc3c(n2C)CCN(C)C3)cccc1-c1cccc(-c2nc3cc(CN4CC[C@H](C)C4)cc(C#N)c3o2)c1C. The van der Waals surface area contributed by atoms with Gasteiger partial charge >= 0.3 is 0 Å². The summed E-state index contributed by atoms with van der Waals surface area (Å²) in [4.78, 5) is 27.7. The van der Waals surface area contributed by atoms with Gasteiger partial charge in [0, 0.05) is 56.6 Å². The van der Waals surface area contributed by atoms with Crippen LogP contribution in [0, 0.1) is 31.1 Å². The van der Waals surface area contributed by atoms with Crippen LogP contribution in [0.25, 0.3) is 33.7 Å². The first kappa shape index (κ1) is 29.9. The average Bonchev–Trinajstić information content (AvgIpc) is 3.74. The van der Waals surface area contributed by atoms with E-state index in [0.29, 0.717) is 34.3 Å². The van der Waals surface area contributed by atoms with Gasteiger partial charge in [0.15, 0.2) is 11.4 Å². The van der Waals surface area contributed by atoms with Crippen molar-refractivity contribution in [3.05, 3.63) is 88.0 Å². The number of carbonyl (C=O) groups excluding carboxylic acids is 1. The van der Waals surface area contributed by atoms with Gasteiger partial charge in [0.25, 0.3) is 5.91 Å². The van der Waals surface area contributed by atoms with Crippen molar-refractivity contribution in [1.82, 2.24) is 24.3 Å². The quantitative estimate of drug-likeness (QED) is 0.234. The molecule has 0 saturated carbocycles. The van der Waals surface area contributed by atoms with Crippen LogP contribution in [0.1, 0.15) is 57.6 Å². The average molecular weight is 614 g/mol. The Morgan fingerprint density at radius 1 is 1.04 bits per heavy atom. The molecule has 4 heterocycles. The third-order valence-electron chi connectivity index (χ3n) is 9.67. The van der Waals surface area contributed by atoms with E-state index in [9.17, 15) is 10.1 Å². The minimum absolute atomic E-state index is 0.219. The maximum Gasteiger partial charge on any atom is 0.291 e. The van der Waals surface area contributed by atoms with Gasteiger partial charge in [0.05, 0.1) is 11.3 Å². The zero-order chi connectivity index (χ0) is 32.1. The van der Waals surface area contributed by atoms with E-state index in [1.165, 1.54) is 6.42 Å². The Kier molecular flexibility index (Phi) is 7.71. The number of aromatic nitrogens is 3. The Morgan fingerprint density at radius 2 is 1.80 bits per heavy atom. The van der Waals surface area contributed by atoms with Gasteiger partial charge in [-0.2, -0.15) is 5.26 Å². The number of likely N-dealkylation sites (tertiary alicyclic amines) is 1. The number of carbonyl (C=O) groups is 1. The molecule has 2 aromatic heterocycles. The fourth-order valence-corrected chi connectivity index (χ4v) is 7.07. The molecule has 0 unspecified atom stereocenters. The van der Waals surface area contributed by atoms with Crippen LogP contribution in [0.2, 0.25) is 0 Å². The molecule has 9 nitrogen and oxygen atoms in total. The Hall–Kier alpha value is -4.78. The second-order valence-electron chi connectivity index (χ2n) is 13.0. The molecule has 2 aliphatic rings. The summed E-state index contributed by atoms with van der Waals surface area (Å²) in [5, 5.41) is 13.1. The highest BCUT2D eigenvalue weighted by molar-refractivity contribution is 6.03. The number of oxazole rings is 1. The van der Waals surface area contributed by atoms with E-state index in [1.54, 1.807) is 0 Å². The van der Waals surface area contributed by atoms with Crippen molar-refractivity contribution >= 4 is 22.7 Å². The summed E-state index contributed by atoms with van der Waals surface area (Å²) in [6.07, 6.45) is 2.08. The molecule has 5 aromatic rings. The van der Waals surface area contributed by atoms with E-state index in [4.69, 9.17) is 14.4 Å². The maximum atomic E-state index is 13.5. The van der Waals surface area contributed by atoms with Gasteiger partial charge in [-0.05, 0) is 91.9 Å². The lowest BCUT2D eigenvalue weighted by molar-refractivity contribution is 0.101. The van der Waals surface area contributed by atoms with E-state index in [1.807, 2.05) is 48.9 Å². The summed E-state index contributed by atoms with van der Waals surface area (Å²) >= 11 is 0. The van der Waals surface area contributed by atoms with Crippen LogP contribution in [-0.4, -0.2) is 56.9 Å². The Morgan fingerprint density at radius 3 is 2.57 bits per heavy atom. The Labute approximate surface area is 269 Å². The summed E-state index contributed by atoms with van der Waals surface area (Å²) < 4.78 is 8.21. The lowest BCUT2D eigenvalue weighted by Gasteiger charge is -2.21. The van der Waals surface area contributed by atoms with Gasteiger partial charge < -0.3 is 19.2 Å². The highest BCUT2D eigenvalue weighted by atomic mass is 16.3. The number of anilines is 1. The first-order valence-electron chi connectivity index (χ1n) is 16.0. The Bertz CT molecular complexity index is 2030. The summed E-state index contributed by atoms with van der Waals surface area (Å²) in [7, 11) is 3.99. The number of amides is 1. The molecular weight excluding hydrogens is 574 g/mol. The third-order valence-corrected chi connectivity index (χ3v) is 9.67. The standard InChI is InChI=1S/C37H39N7O2/c1-22-12-15-44(19-22)20-25-16-26(18-38)34-31(17-25)41-37(46-34)29-10-6-8-27(23(29)2)28-9-7-11-30(24(28)3)40-36(45)35-39-32-21-42(4)14-13-33(32)43(35)5/h6-11,16-17,22H,12-15,19-21H2,1-5H3,(H,40,45)/t22-/m0/s1. The molecule has 0 bridgehead atoms. The van der Waals surface area contributed by atoms with Crippen molar-refractivity contribution in [2.24, 2.45) is 13.0 Å². The van der Waals surface area contributed by atoms with Crippen LogP contribution < -0.4 is 5.32 Å². The molecule has 0 spiro atoms. The number of nitriles is 1. The molecule has 0 aliphatic carbocycles. The van der Waals surface area contributed by atoms with Crippen LogP contribution in [0.5, 0.6) is 0 Å². The first-order chi connectivity index (χ1) is 22.2. The molecule has 1 atom stereocenters. The molecule has 234 valence electrons. The molecule has 1 N–H and O–H groups in total. The van der Waals surface area contributed by atoms with Gasteiger partial charge in [0.1, 0.15) is 11.6 Å². The number of hydrogen-bond acceptors (Lipinski definition) is 7. The van der Waals surface area contributed by atoms with Crippen molar-refractivity contribution in [3.63, 3.8) is 0 Å². The van der Waals surface area contributed by atoms with E-state index >= 15 is 0 Å². The van der Waals surface area contributed by atoms with Crippen molar-refractivity contribution in [2.75, 3.05) is 32.0 Å². The summed E-state index contributed by atoms with van der Waals surface area (Å²) in [6.45, 7) is 11.0. The van der Waals surface area contributed by atoms with Crippen LogP contribution in [-0.2, 0) is 26.6 Å². The topological polar surface area (TPSA) is 103 Å². The fraction of sp³-hybridized carbons (Fsp3) is 0.351. The molecule has 1 saturated heterocycles. The highest BCUT2D eigenvalue weighted by Gasteiger charge is 2.25. The van der Waals surface area contributed by atoms with Crippen LogP contribution in [0.15, 0.2) is 52.9 Å². The van der Waals surface area contributed by atoms with Gasteiger partial charge in [-0.3, -0.25) is 9.69 Å². The van der Waals surface area contributed by atoms with E-state index in [0.717, 1.165) is 89.6 Å². The number of nitrogens with zero attached hydrogens (tertiary/aromatic N) is 6. The number of fused-ring (bicyclic) bond motifs is 2. The fourth-order valence-electron chi connectivity index (χ4n) is 7.07. The van der Waals surface area contributed by atoms with Crippen molar-refractivity contribution in [1.29, 1.82) is 5.26 Å². The zero-order valence-electron chi connectivity index (χ0n) is 27.1. The minimum atomic E-state index is -0.219. The van der Waals surface area contributed by atoms with Crippen LogP contribution >= 0.6 is 0 Å². The monoisotopic (exact) mass is 613 g/mol. The number of nitrogens with one attached hydrogen (secondary N) is 1. The number of imidazole rings is 1.